The van der Waals surface area contributed by atoms with Crippen LogP contribution in [0, 0.1) is 0 Å². The smallest absolute Gasteiger partial charge is 0.195 e. The minimum atomic E-state index is -3.32. The summed E-state index contributed by atoms with van der Waals surface area (Å²) in [7, 11) is -3.32. The van der Waals surface area contributed by atoms with Crippen LogP contribution in [0.4, 0.5) is 0 Å². The molecular weight excluding hydrogens is 416 g/mol. The van der Waals surface area contributed by atoms with Crippen LogP contribution in [-0.4, -0.2) is 20.5 Å². The third-order valence-corrected chi connectivity index (χ3v) is 5.88. The van der Waals surface area contributed by atoms with Crippen LogP contribution in [0.25, 0.3) is 0 Å². The van der Waals surface area contributed by atoms with Gasteiger partial charge in [-0.05, 0) is 50.1 Å². The number of sulfone groups is 1. The number of carbonyl (C=O) groups is 1. The Morgan fingerprint density at radius 2 is 1.89 bits per heavy atom. The molecule has 0 amide bonds. The fraction of sp³-hybridized carbons (Fsp3) is 0.0833. The van der Waals surface area contributed by atoms with Crippen LogP contribution in [0.1, 0.15) is 15.9 Å². The molecule has 0 aliphatic heterocycles. The maximum Gasteiger partial charge on any atom is 0.195 e. The number of halogens is 2. The highest BCUT2D eigenvalue weighted by Crippen LogP contribution is 2.33. The van der Waals surface area contributed by atoms with Crippen molar-refractivity contribution in [2.75, 3.05) is 6.26 Å². The summed E-state index contributed by atoms with van der Waals surface area (Å²) in [5.74, 6) is -0.209. The molecule has 0 saturated carbocycles. The van der Waals surface area contributed by atoms with Crippen molar-refractivity contribution in [2.45, 2.75) is 4.90 Å². The molecule has 0 bridgehead atoms. The summed E-state index contributed by atoms with van der Waals surface area (Å²) in [6, 6.07) is 7.76. The topological polar surface area (TPSA) is 51.2 Å². The van der Waals surface area contributed by atoms with Gasteiger partial charge in [-0.3, -0.25) is 4.79 Å². The number of hydrogen-bond donors (Lipinski definition) is 0. The summed E-state index contributed by atoms with van der Waals surface area (Å²) < 4.78 is 24.5. The Kier molecular flexibility index (Phi) is 4.29. The highest BCUT2D eigenvalue weighted by molar-refractivity contribution is 9.12. The standard InChI is InChI=1S/C12H8Br2O3S2/c1-19(16,17)8-4-2-3-7(5-8)11(15)9-6-10(13)18-12(9)14/h2-6H,1H3. The Bertz CT molecular complexity index is 748. The van der Waals surface area contributed by atoms with E-state index >= 15 is 0 Å². The molecule has 3 nitrogen and oxygen atoms in total. The molecule has 0 spiro atoms. The van der Waals surface area contributed by atoms with Crippen LogP contribution in [0.15, 0.2) is 42.8 Å². The van der Waals surface area contributed by atoms with Crippen LogP contribution >= 0.6 is 43.2 Å². The van der Waals surface area contributed by atoms with E-state index in [1.807, 2.05) is 0 Å². The molecule has 7 heteroatoms. The van der Waals surface area contributed by atoms with Crippen molar-refractivity contribution >= 4 is 58.8 Å². The molecule has 1 heterocycles. The first-order valence-electron chi connectivity index (χ1n) is 5.08. The van der Waals surface area contributed by atoms with Crippen molar-refractivity contribution in [3.8, 4) is 0 Å². The lowest BCUT2D eigenvalue weighted by molar-refractivity contribution is 0.103. The zero-order chi connectivity index (χ0) is 14.2. The first-order valence-corrected chi connectivity index (χ1v) is 9.38. The van der Waals surface area contributed by atoms with E-state index in [0.29, 0.717) is 14.9 Å². The Labute approximate surface area is 131 Å². The van der Waals surface area contributed by atoms with E-state index < -0.39 is 9.84 Å². The van der Waals surface area contributed by atoms with E-state index in [-0.39, 0.29) is 10.7 Å². The van der Waals surface area contributed by atoms with Gasteiger partial charge in [-0.15, -0.1) is 11.3 Å². The number of thiophene rings is 1. The molecule has 1 aromatic heterocycles. The minimum absolute atomic E-state index is 0.142. The van der Waals surface area contributed by atoms with Gasteiger partial charge >= 0.3 is 0 Å². The highest BCUT2D eigenvalue weighted by Gasteiger charge is 2.17. The van der Waals surface area contributed by atoms with Crippen LogP contribution in [0.3, 0.4) is 0 Å². The van der Waals surface area contributed by atoms with Crippen LogP contribution in [0.2, 0.25) is 0 Å². The van der Waals surface area contributed by atoms with Crippen molar-refractivity contribution < 1.29 is 13.2 Å². The lowest BCUT2D eigenvalue weighted by Gasteiger charge is -2.02. The predicted octanol–water partition coefficient (Wildman–Crippen LogP) is 3.91. The first-order chi connectivity index (χ1) is 8.79. The lowest BCUT2D eigenvalue weighted by Crippen LogP contribution is -2.03. The third kappa shape index (κ3) is 3.34. The zero-order valence-corrected chi connectivity index (χ0v) is 14.5. The summed E-state index contributed by atoms with van der Waals surface area (Å²) >= 11 is 8.03. The SMILES string of the molecule is CS(=O)(=O)c1cccc(C(=O)c2cc(Br)sc2Br)c1. The van der Waals surface area contributed by atoms with Crippen LogP contribution in [0.5, 0.6) is 0 Å². The molecule has 100 valence electrons. The second-order valence-corrected chi connectivity index (χ2v) is 9.63. The van der Waals surface area contributed by atoms with Crippen LogP contribution < -0.4 is 0 Å². The van der Waals surface area contributed by atoms with Gasteiger partial charge in [0.1, 0.15) is 0 Å². The molecule has 0 fully saturated rings. The van der Waals surface area contributed by atoms with Gasteiger partial charge in [-0.2, -0.15) is 0 Å². The number of rotatable bonds is 3. The van der Waals surface area contributed by atoms with Crippen molar-refractivity contribution in [3.63, 3.8) is 0 Å². The lowest BCUT2D eigenvalue weighted by atomic mass is 10.1. The molecule has 0 saturated heterocycles. The number of hydrogen-bond acceptors (Lipinski definition) is 4. The second kappa shape index (κ2) is 5.47. The molecule has 0 aliphatic rings. The zero-order valence-electron chi connectivity index (χ0n) is 9.68. The Morgan fingerprint density at radius 1 is 1.21 bits per heavy atom. The van der Waals surface area contributed by atoms with Crippen molar-refractivity contribution in [1.82, 2.24) is 0 Å². The summed E-state index contributed by atoms with van der Waals surface area (Å²) in [4.78, 5) is 12.5. The molecule has 2 aromatic rings. The molecule has 2 rings (SSSR count). The predicted molar refractivity (Wildman–Crippen MR) is 82.7 cm³/mol. The van der Waals surface area contributed by atoms with E-state index in [2.05, 4.69) is 31.9 Å². The normalized spacial score (nSPS) is 11.5. The van der Waals surface area contributed by atoms with E-state index in [4.69, 9.17) is 0 Å². The van der Waals surface area contributed by atoms with E-state index in [9.17, 15) is 13.2 Å². The summed E-state index contributed by atoms with van der Waals surface area (Å²) in [5.41, 5.74) is 0.872. The van der Waals surface area contributed by atoms with Gasteiger partial charge in [0.05, 0.1) is 12.5 Å². The van der Waals surface area contributed by atoms with Gasteiger partial charge in [0, 0.05) is 17.4 Å². The molecule has 0 unspecified atom stereocenters. The van der Waals surface area contributed by atoms with Crippen LogP contribution in [-0.2, 0) is 9.84 Å². The average Bonchev–Trinajstić information content (AvgIpc) is 2.66. The second-order valence-electron chi connectivity index (χ2n) is 3.87. The quantitative estimate of drug-likeness (QED) is 0.703. The van der Waals surface area contributed by atoms with Gasteiger partial charge in [-0.25, -0.2) is 8.42 Å². The van der Waals surface area contributed by atoms with Crippen molar-refractivity contribution in [2.24, 2.45) is 0 Å². The highest BCUT2D eigenvalue weighted by atomic mass is 79.9. The van der Waals surface area contributed by atoms with Gasteiger partial charge in [-0.1, -0.05) is 12.1 Å². The van der Waals surface area contributed by atoms with E-state index in [1.54, 1.807) is 18.2 Å². The summed E-state index contributed by atoms with van der Waals surface area (Å²) in [5, 5.41) is 0. The van der Waals surface area contributed by atoms with Gasteiger partial charge in [0.2, 0.25) is 0 Å². The average molecular weight is 424 g/mol. The van der Waals surface area contributed by atoms with Crippen molar-refractivity contribution in [1.29, 1.82) is 0 Å². The Morgan fingerprint density at radius 3 is 2.42 bits per heavy atom. The molecule has 0 aliphatic carbocycles. The largest absolute Gasteiger partial charge is 0.289 e. The van der Waals surface area contributed by atoms with E-state index in [0.717, 1.165) is 10.0 Å². The molecule has 19 heavy (non-hydrogen) atoms. The molecular formula is C12H8Br2O3S2. The number of ketones is 1. The fourth-order valence-corrected chi connectivity index (χ4v) is 4.98. The summed E-state index contributed by atoms with van der Waals surface area (Å²) in [6.45, 7) is 0. The van der Waals surface area contributed by atoms with Crippen molar-refractivity contribution in [3.05, 3.63) is 49.0 Å². The molecule has 1 aromatic carbocycles. The Hall–Kier alpha value is -0.500. The minimum Gasteiger partial charge on any atom is -0.289 e. The monoisotopic (exact) mass is 422 g/mol. The molecule has 0 atom stereocenters. The van der Waals surface area contributed by atoms with Gasteiger partial charge < -0.3 is 0 Å². The maximum absolute atomic E-state index is 12.3. The molecule has 0 N–H and O–H groups in total. The third-order valence-electron chi connectivity index (χ3n) is 2.43. The molecule has 0 radical (unpaired) electrons. The summed E-state index contributed by atoms with van der Waals surface area (Å²) in [6.07, 6.45) is 1.12. The van der Waals surface area contributed by atoms with Gasteiger partial charge in [0.15, 0.2) is 15.6 Å². The van der Waals surface area contributed by atoms with E-state index in [1.165, 1.54) is 23.5 Å². The maximum atomic E-state index is 12.3. The van der Waals surface area contributed by atoms with Gasteiger partial charge in [0.25, 0.3) is 0 Å². The Balaban J connectivity index is 2.48. The first kappa shape index (κ1) is 14.9. The number of benzene rings is 1. The number of carbonyl (C=O) groups excluding carboxylic acids is 1. The fourth-order valence-electron chi connectivity index (χ4n) is 1.52.